The molecular weight excluding hydrogens is 354 g/mol. The minimum atomic E-state index is -0.117. The minimum Gasteiger partial charge on any atom is -0.497 e. The molecule has 1 aliphatic heterocycles. The van der Waals surface area contributed by atoms with E-state index in [2.05, 4.69) is 15.2 Å². The number of carbonyl (C=O) groups is 1. The van der Waals surface area contributed by atoms with E-state index in [1.165, 1.54) is 0 Å². The Hall–Kier alpha value is -2.31. The van der Waals surface area contributed by atoms with Crippen LogP contribution in [0.15, 0.2) is 36.5 Å². The molecule has 1 saturated heterocycles. The maximum Gasteiger partial charge on any atom is 0.238 e. The standard InChI is InChI=1S/C19H22ClN3O3/c1-25-13-7-8-17(26-2)14(11-13)16-6-4-10-23(16)12-18(24)22-15-5-3-9-21-19(15)20/h3,5,7-9,11,16H,4,6,10,12H2,1-2H3,(H,22,24)/t16-/m0/s1. The zero-order valence-electron chi connectivity index (χ0n) is 14.9. The molecule has 2 heterocycles. The van der Waals surface area contributed by atoms with Gasteiger partial charge in [0, 0.05) is 17.8 Å². The van der Waals surface area contributed by atoms with Crippen LogP contribution in [0.4, 0.5) is 5.69 Å². The average Bonchev–Trinajstić information content (AvgIpc) is 3.10. The zero-order valence-corrected chi connectivity index (χ0v) is 15.6. The smallest absolute Gasteiger partial charge is 0.238 e. The molecule has 3 rings (SSSR count). The van der Waals surface area contributed by atoms with Gasteiger partial charge in [0.1, 0.15) is 11.5 Å². The van der Waals surface area contributed by atoms with Gasteiger partial charge in [0.2, 0.25) is 5.91 Å². The molecule has 0 aliphatic carbocycles. The fourth-order valence-corrected chi connectivity index (χ4v) is 3.49. The van der Waals surface area contributed by atoms with E-state index in [1.807, 2.05) is 18.2 Å². The number of methoxy groups -OCH3 is 2. The summed E-state index contributed by atoms with van der Waals surface area (Å²) in [5, 5.41) is 3.11. The molecule has 0 radical (unpaired) electrons. The quantitative estimate of drug-likeness (QED) is 0.782. The summed E-state index contributed by atoms with van der Waals surface area (Å²) in [6.07, 6.45) is 3.57. The molecule has 1 aliphatic rings. The third kappa shape index (κ3) is 4.08. The summed E-state index contributed by atoms with van der Waals surface area (Å²) in [7, 11) is 3.30. The van der Waals surface area contributed by atoms with Crippen LogP contribution < -0.4 is 14.8 Å². The molecule has 1 atom stereocenters. The van der Waals surface area contributed by atoms with Crippen molar-refractivity contribution in [3.05, 3.63) is 47.2 Å². The lowest BCUT2D eigenvalue weighted by Gasteiger charge is -2.26. The van der Waals surface area contributed by atoms with Crippen molar-refractivity contribution in [3.63, 3.8) is 0 Å². The van der Waals surface area contributed by atoms with Gasteiger partial charge in [-0.3, -0.25) is 9.69 Å². The third-order valence-corrected chi connectivity index (χ3v) is 4.84. The van der Waals surface area contributed by atoms with Gasteiger partial charge in [-0.05, 0) is 49.7 Å². The molecule has 0 saturated carbocycles. The van der Waals surface area contributed by atoms with Gasteiger partial charge in [0.05, 0.1) is 26.5 Å². The highest BCUT2D eigenvalue weighted by molar-refractivity contribution is 6.32. The van der Waals surface area contributed by atoms with Gasteiger partial charge in [-0.1, -0.05) is 11.6 Å². The van der Waals surface area contributed by atoms with E-state index in [0.29, 0.717) is 5.69 Å². The van der Waals surface area contributed by atoms with Crippen molar-refractivity contribution in [2.45, 2.75) is 18.9 Å². The van der Waals surface area contributed by atoms with Gasteiger partial charge in [-0.25, -0.2) is 4.98 Å². The van der Waals surface area contributed by atoms with E-state index >= 15 is 0 Å². The van der Waals surface area contributed by atoms with Crippen molar-refractivity contribution < 1.29 is 14.3 Å². The zero-order chi connectivity index (χ0) is 18.5. The lowest BCUT2D eigenvalue weighted by atomic mass is 10.0. The summed E-state index contributed by atoms with van der Waals surface area (Å²) in [6, 6.07) is 9.34. The highest BCUT2D eigenvalue weighted by atomic mass is 35.5. The number of amides is 1. The number of pyridine rings is 1. The first-order valence-corrected chi connectivity index (χ1v) is 8.86. The first kappa shape index (κ1) is 18.5. The van der Waals surface area contributed by atoms with Gasteiger partial charge >= 0.3 is 0 Å². The van der Waals surface area contributed by atoms with Crippen molar-refractivity contribution in [1.29, 1.82) is 0 Å². The molecule has 1 amide bonds. The lowest BCUT2D eigenvalue weighted by molar-refractivity contribution is -0.117. The Balaban J connectivity index is 1.74. The van der Waals surface area contributed by atoms with Gasteiger partial charge in [-0.15, -0.1) is 0 Å². The Morgan fingerprint density at radius 2 is 2.19 bits per heavy atom. The molecule has 7 heteroatoms. The number of nitrogens with one attached hydrogen (secondary N) is 1. The van der Waals surface area contributed by atoms with E-state index in [1.54, 1.807) is 32.5 Å². The van der Waals surface area contributed by atoms with Crippen molar-refractivity contribution in [2.24, 2.45) is 0 Å². The second-order valence-electron chi connectivity index (χ2n) is 6.13. The van der Waals surface area contributed by atoms with E-state index in [4.69, 9.17) is 21.1 Å². The Morgan fingerprint density at radius 1 is 1.35 bits per heavy atom. The molecule has 1 aromatic heterocycles. The Kier molecular flexibility index (Phi) is 5.96. The van der Waals surface area contributed by atoms with Crippen LogP contribution in [-0.4, -0.2) is 43.1 Å². The molecule has 26 heavy (non-hydrogen) atoms. The van der Waals surface area contributed by atoms with E-state index in [9.17, 15) is 4.79 Å². The first-order valence-electron chi connectivity index (χ1n) is 8.48. The molecule has 138 valence electrons. The average molecular weight is 376 g/mol. The summed E-state index contributed by atoms with van der Waals surface area (Å²) in [6.45, 7) is 1.12. The number of anilines is 1. The second-order valence-corrected chi connectivity index (χ2v) is 6.48. The highest BCUT2D eigenvalue weighted by Crippen LogP contribution is 2.38. The highest BCUT2D eigenvalue weighted by Gasteiger charge is 2.30. The molecular formula is C19H22ClN3O3. The number of ether oxygens (including phenoxy) is 2. The number of likely N-dealkylation sites (tertiary alicyclic amines) is 1. The van der Waals surface area contributed by atoms with E-state index in [0.717, 1.165) is 36.4 Å². The van der Waals surface area contributed by atoms with Crippen molar-refractivity contribution in [2.75, 3.05) is 32.6 Å². The Bertz CT molecular complexity index is 784. The predicted octanol–water partition coefficient (Wildman–Crippen LogP) is 3.53. The summed E-state index contributed by atoms with van der Waals surface area (Å²) >= 11 is 6.01. The lowest BCUT2D eigenvalue weighted by Crippen LogP contribution is -2.33. The number of hydrogen-bond acceptors (Lipinski definition) is 5. The van der Waals surface area contributed by atoms with Gasteiger partial charge < -0.3 is 14.8 Å². The Morgan fingerprint density at radius 3 is 2.92 bits per heavy atom. The SMILES string of the molecule is COc1ccc(OC)c([C@@H]2CCCN2CC(=O)Nc2cccnc2Cl)c1. The van der Waals surface area contributed by atoms with E-state index < -0.39 is 0 Å². The van der Waals surface area contributed by atoms with Crippen LogP contribution in [0.3, 0.4) is 0 Å². The monoisotopic (exact) mass is 375 g/mol. The van der Waals surface area contributed by atoms with Crippen LogP contribution >= 0.6 is 11.6 Å². The van der Waals surface area contributed by atoms with Crippen LogP contribution in [0.25, 0.3) is 0 Å². The second kappa shape index (κ2) is 8.38. The molecule has 0 bridgehead atoms. The summed E-state index contributed by atoms with van der Waals surface area (Å²) < 4.78 is 10.9. The van der Waals surface area contributed by atoms with Crippen molar-refractivity contribution in [1.82, 2.24) is 9.88 Å². The fourth-order valence-electron chi connectivity index (χ4n) is 3.32. The minimum absolute atomic E-state index is 0.107. The number of halogens is 1. The van der Waals surface area contributed by atoms with Crippen LogP contribution in [0.5, 0.6) is 11.5 Å². The number of hydrogen-bond donors (Lipinski definition) is 1. The summed E-state index contributed by atoms with van der Waals surface area (Å²) in [5.41, 5.74) is 1.56. The third-order valence-electron chi connectivity index (χ3n) is 4.54. The van der Waals surface area contributed by atoms with Gasteiger partial charge in [0.15, 0.2) is 5.15 Å². The number of rotatable bonds is 6. The Labute approximate surface area is 158 Å². The molecule has 2 aromatic rings. The number of aromatic nitrogens is 1. The van der Waals surface area contributed by atoms with Crippen LogP contribution in [0.2, 0.25) is 5.15 Å². The van der Waals surface area contributed by atoms with Gasteiger partial charge in [0.25, 0.3) is 0 Å². The first-order chi connectivity index (χ1) is 12.6. The maximum atomic E-state index is 12.5. The van der Waals surface area contributed by atoms with Crippen molar-refractivity contribution in [3.8, 4) is 11.5 Å². The van der Waals surface area contributed by atoms with Crippen LogP contribution in [-0.2, 0) is 4.79 Å². The maximum absolute atomic E-state index is 12.5. The summed E-state index contributed by atoms with van der Waals surface area (Å²) in [4.78, 5) is 18.6. The molecule has 0 unspecified atom stereocenters. The number of nitrogens with zero attached hydrogens (tertiary/aromatic N) is 2. The predicted molar refractivity (Wildman–Crippen MR) is 101 cm³/mol. The fraction of sp³-hybridized carbons (Fsp3) is 0.368. The molecule has 1 N–H and O–H groups in total. The molecule has 0 spiro atoms. The van der Waals surface area contributed by atoms with E-state index in [-0.39, 0.29) is 23.6 Å². The van der Waals surface area contributed by atoms with Gasteiger partial charge in [-0.2, -0.15) is 0 Å². The van der Waals surface area contributed by atoms with Crippen molar-refractivity contribution >= 4 is 23.2 Å². The summed E-state index contributed by atoms with van der Waals surface area (Å²) in [5.74, 6) is 1.46. The molecule has 6 nitrogen and oxygen atoms in total. The molecule has 1 aromatic carbocycles. The number of benzene rings is 1. The number of carbonyl (C=O) groups excluding carboxylic acids is 1. The normalized spacial score (nSPS) is 17.1. The molecule has 1 fully saturated rings. The topological polar surface area (TPSA) is 63.7 Å². The van der Waals surface area contributed by atoms with Crippen LogP contribution in [0, 0.1) is 0 Å². The largest absolute Gasteiger partial charge is 0.497 e. The van der Waals surface area contributed by atoms with Crippen LogP contribution in [0.1, 0.15) is 24.4 Å².